The summed E-state index contributed by atoms with van der Waals surface area (Å²) in [5, 5.41) is 9.21. The number of aryl methyl sites for hydroxylation is 1. The Bertz CT molecular complexity index is 670. The van der Waals surface area contributed by atoms with Crippen molar-refractivity contribution in [1.29, 1.82) is 0 Å². The number of alkyl halides is 3. The molecule has 8 heteroatoms. The molecule has 0 saturated carbocycles. The van der Waals surface area contributed by atoms with E-state index < -0.39 is 17.4 Å². The van der Waals surface area contributed by atoms with E-state index in [9.17, 15) is 18.0 Å². The molecule has 2 aromatic rings. The molecular formula is C11H8F3N3O2. The highest BCUT2D eigenvalue weighted by Crippen LogP contribution is 2.36. The Labute approximate surface area is 104 Å². The number of hydrogen-bond acceptors (Lipinski definition) is 4. The lowest BCUT2D eigenvalue weighted by molar-refractivity contribution is -0.137. The van der Waals surface area contributed by atoms with Gasteiger partial charge in [0.25, 0.3) is 0 Å². The van der Waals surface area contributed by atoms with Gasteiger partial charge in [-0.05, 0) is 19.1 Å². The summed E-state index contributed by atoms with van der Waals surface area (Å²) in [4.78, 5) is 11.2. The van der Waals surface area contributed by atoms with Crippen molar-refractivity contribution in [3.63, 3.8) is 0 Å². The summed E-state index contributed by atoms with van der Waals surface area (Å²) in [7, 11) is 0. The van der Waals surface area contributed by atoms with E-state index in [1.807, 2.05) is 0 Å². The van der Waals surface area contributed by atoms with Crippen LogP contribution in [0.25, 0.3) is 0 Å². The lowest BCUT2D eigenvalue weighted by Crippen LogP contribution is -2.04. The maximum absolute atomic E-state index is 12.7. The van der Waals surface area contributed by atoms with Crippen LogP contribution in [-0.2, 0) is 6.18 Å². The third-order valence-corrected chi connectivity index (χ3v) is 2.31. The van der Waals surface area contributed by atoms with E-state index in [1.165, 1.54) is 19.1 Å². The number of halogens is 3. The minimum absolute atomic E-state index is 0.156. The van der Waals surface area contributed by atoms with Gasteiger partial charge in [0.1, 0.15) is 0 Å². The van der Waals surface area contributed by atoms with Crippen molar-refractivity contribution in [2.45, 2.75) is 13.1 Å². The highest BCUT2D eigenvalue weighted by Gasteiger charge is 2.33. The summed E-state index contributed by atoms with van der Waals surface area (Å²) in [6.45, 7) is 1.49. The quantitative estimate of drug-likeness (QED) is 0.846. The maximum atomic E-state index is 12.7. The standard InChI is InChI=1S/C11H8F3N3O2/c1-6-9(10(18)19-17-6)16-15-8-5-3-2-4-7(8)11(12,13)14/h2-5,17H,1H3. The van der Waals surface area contributed by atoms with Crippen LogP contribution in [0.3, 0.4) is 0 Å². The van der Waals surface area contributed by atoms with Crippen LogP contribution >= 0.6 is 0 Å². The Kier molecular flexibility index (Phi) is 3.24. The van der Waals surface area contributed by atoms with Gasteiger partial charge in [-0.25, -0.2) is 9.95 Å². The lowest BCUT2D eigenvalue weighted by atomic mass is 10.2. The second-order valence-corrected chi connectivity index (χ2v) is 3.68. The Morgan fingerprint density at radius 2 is 1.89 bits per heavy atom. The first kappa shape index (κ1) is 13.1. The first-order valence-corrected chi connectivity index (χ1v) is 5.15. The number of nitrogens with one attached hydrogen (secondary N) is 1. The van der Waals surface area contributed by atoms with Crippen LogP contribution < -0.4 is 5.63 Å². The molecule has 1 heterocycles. The largest absolute Gasteiger partial charge is 0.418 e. The molecule has 0 aliphatic heterocycles. The van der Waals surface area contributed by atoms with E-state index in [4.69, 9.17) is 0 Å². The second kappa shape index (κ2) is 4.71. The molecule has 100 valence electrons. The first-order chi connectivity index (χ1) is 8.89. The zero-order chi connectivity index (χ0) is 14.0. The molecule has 1 aromatic heterocycles. The molecule has 0 aliphatic carbocycles. The number of benzene rings is 1. The third kappa shape index (κ3) is 2.72. The number of nitrogens with zero attached hydrogens (tertiary/aromatic N) is 2. The van der Waals surface area contributed by atoms with E-state index in [1.54, 1.807) is 0 Å². The number of rotatable bonds is 2. The fraction of sp³-hybridized carbons (Fsp3) is 0.182. The van der Waals surface area contributed by atoms with Gasteiger partial charge in [-0.15, -0.1) is 10.2 Å². The van der Waals surface area contributed by atoms with Crippen molar-refractivity contribution in [3.05, 3.63) is 45.9 Å². The van der Waals surface area contributed by atoms with Crippen LogP contribution in [0.5, 0.6) is 0 Å². The average molecular weight is 271 g/mol. The van der Waals surface area contributed by atoms with Gasteiger partial charge < -0.3 is 4.52 Å². The number of azo groups is 1. The van der Waals surface area contributed by atoms with Crippen LogP contribution in [0.15, 0.2) is 43.8 Å². The van der Waals surface area contributed by atoms with Crippen LogP contribution in [0.1, 0.15) is 11.3 Å². The number of H-pyrrole nitrogens is 1. The van der Waals surface area contributed by atoms with Gasteiger partial charge in [0.05, 0.1) is 16.9 Å². The van der Waals surface area contributed by atoms with E-state index in [0.29, 0.717) is 5.69 Å². The third-order valence-electron chi connectivity index (χ3n) is 2.31. The molecule has 0 atom stereocenters. The topological polar surface area (TPSA) is 70.7 Å². The van der Waals surface area contributed by atoms with E-state index >= 15 is 0 Å². The predicted molar refractivity (Wildman–Crippen MR) is 59.7 cm³/mol. The van der Waals surface area contributed by atoms with Crippen molar-refractivity contribution in [2.75, 3.05) is 0 Å². The fourth-order valence-corrected chi connectivity index (χ4v) is 1.39. The second-order valence-electron chi connectivity index (χ2n) is 3.68. The van der Waals surface area contributed by atoms with Gasteiger partial charge in [-0.3, -0.25) is 0 Å². The number of hydrogen-bond donors (Lipinski definition) is 1. The summed E-state index contributed by atoms with van der Waals surface area (Å²) in [6, 6.07) is 4.70. The smallest absolute Gasteiger partial charge is 0.336 e. The molecule has 0 spiro atoms. The van der Waals surface area contributed by atoms with Crippen molar-refractivity contribution in [1.82, 2.24) is 5.16 Å². The van der Waals surface area contributed by atoms with Crippen LogP contribution in [-0.4, -0.2) is 5.16 Å². The number of aromatic nitrogens is 1. The SMILES string of the molecule is Cc1[nH]oc(=O)c1N=Nc1ccccc1C(F)(F)F. The van der Waals surface area contributed by atoms with Crippen LogP contribution in [0.2, 0.25) is 0 Å². The summed E-state index contributed by atoms with van der Waals surface area (Å²) in [6.07, 6.45) is -4.53. The van der Waals surface area contributed by atoms with Gasteiger partial charge in [0.2, 0.25) is 0 Å². The molecule has 1 N–H and O–H groups in total. The Morgan fingerprint density at radius 3 is 2.47 bits per heavy atom. The predicted octanol–water partition coefficient (Wildman–Crippen LogP) is 3.71. The number of aromatic amines is 1. The van der Waals surface area contributed by atoms with Gasteiger partial charge in [0, 0.05) is 0 Å². The van der Waals surface area contributed by atoms with Gasteiger partial charge in [-0.2, -0.15) is 13.2 Å². The van der Waals surface area contributed by atoms with Gasteiger partial charge >= 0.3 is 11.8 Å². The zero-order valence-corrected chi connectivity index (χ0v) is 9.65. The van der Waals surface area contributed by atoms with Crippen molar-refractivity contribution in [2.24, 2.45) is 10.2 Å². The van der Waals surface area contributed by atoms with Crippen molar-refractivity contribution in [3.8, 4) is 0 Å². The van der Waals surface area contributed by atoms with E-state index in [0.717, 1.165) is 12.1 Å². The molecule has 0 radical (unpaired) electrons. The molecule has 19 heavy (non-hydrogen) atoms. The molecule has 2 rings (SSSR count). The summed E-state index contributed by atoms with van der Waals surface area (Å²) in [5.74, 6) is 0. The summed E-state index contributed by atoms with van der Waals surface area (Å²) >= 11 is 0. The average Bonchev–Trinajstić information content (AvgIpc) is 2.66. The molecule has 5 nitrogen and oxygen atoms in total. The molecule has 0 bridgehead atoms. The normalized spacial score (nSPS) is 12.2. The molecular weight excluding hydrogens is 263 g/mol. The molecule has 0 fully saturated rings. The van der Waals surface area contributed by atoms with Gasteiger partial charge in [0.15, 0.2) is 5.69 Å². The highest BCUT2D eigenvalue weighted by molar-refractivity contribution is 5.48. The first-order valence-electron chi connectivity index (χ1n) is 5.15. The van der Waals surface area contributed by atoms with Crippen LogP contribution in [0, 0.1) is 6.92 Å². The molecule has 1 aromatic carbocycles. The fourth-order valence-electron chi connectivity index (χ4n) is 1.39. The maximum Gasteiger partial charge on any atom is 0.418 e. The van der Waals surface area contributed by atoms with E-state index in [2.05, 4.69) is 19.9 Å². The van der Waals surface area contributed by atoms with Crippen LogP contribution in [0.4, 0.5) is 24.5 Å². The Hall–Kier alpha value is -2.38. The summed E-state index contributed by atoms with van der Waals surface area (Å²) < 4.78 is 42.5. The molecule has 0 amide bonds. The summed E-state index contributed by atoms with van der Waals surface area (Å²) in [5.41, 5.74) is -1.94. The Morgan fingerprint density at radius 1 is 1.21 bits per heavy atom. The Balaban J connectivity index is 2.43. The highest BCUT2D eigenvalue weighted by atomic mass is 19.4. The van der Waals surface area contributed by atoms with Gasteiger partial charge in [-0.1, -0.05) is 12.1 Å². The van der Waals surface area contributed by atoms with E-state index in [-0.39, 0.29) is 11.4 Å². The molecule has 0 aliphatic rings. The minimum atomic E-state index is -4.53. The molecule has 0 saturated heterocycles. The zero-order valence-electron chi connectivity index (χ0n) is 9.65. The lowest BCUT2D eigenvalue weighted by Gasteiger charge is -2.07. The molecule has 0 unspecified atom stereocenters. The minimum Gasteiger partial charge on any atom is -0.336 e. The van der Waals surface area contributed by atoms with Crippen molar-refractivity contribution >= 4 is 11.4 Å². The monoisotopic (exact) mass is 271 g/mol. The van der Waals surface area contributed by atoms with Crippen molar-refractivity contribution < 1.29 is 17.7 Å².